The van der Waals surface area contributed by atoms with Crippen LogP contribution >= 0.6 is 0 Å². The number of carboxylic acids is 3. The van der Waals surface area contributed by atoms with Gasteiger partial charge in [-0.15, -0.1) is 0 Å². The molecule has 0 saturated heterocycles. The van der Waals surface area contributed by atoms with Gasteiger partial charge in [-0.25, -0.2) is 4.79 Å². The maximum Gasteiger partial charge on any atom is 0.326 e. The number of nitrogens with one attached hydrogen (secondary N) is 9. The van der Waals surface area contributed by atoms with E-state index in [4.69, 9.17) is 17.2 Å². The second-order valence-corrected chi connectivity index (χ2v) is 19.9. The van der Waals surface area contributed by atoms with E-state index in [1.54, 1.807) is 13.8 Å². The van der Waals surface area contributed by atoms with Gasteiger partial charge in [-0.2, -0.15) is 0 Å². The molecule has 0 aliphatic rings. The lowest BCUT2D eigenvalue weighted by molar-refractivity contribution is -0.143. The number of carbonyl (C=O) groups excluding carboxylic acids is 9. The average Bonchev–Trinajstić information content (AvgIpc) is 3.32. The summed E-state index contributed by atoms with van der Waals surface area (Å²) in [6, 6.07) is -14.9. The third kappa shape index (κ3) is 27.4. The number of aliphatic imine (C=N–C) groups is 1. The molecule has 30 nitrogen and oxygen atoms in total. The summed E-state index contributed by atoms with van der Waals surface area (Å²) < 4.78 is 0. The molecule has 0 saturated carbocycles. The molecule has 0 radical (unpaired) electrons. The molecule has 0 unspecified atom stereocenters. The van der Waals surface area contributed by atoms with Crippen molar-refractivity contribution in [1.82, 2.24) is 47.9 Å². The van der Waals surface area contributed by atoms with E-state index in [1.165, 1.54) is 34.6 Å². The first-order valence-electron chi connectivity index (χ1n) is 25.2. The number of amides is 9. The van der Waals surface area contributed by atoms with Crippen LogP contribution in [0.4, 0.5) is 0 Å². The summed E-state index contributed by atoms with van der Waals surface area (Å²) in [4.78, 5) is 160. The highest BCUT2D eigenvalue weighted by atomic mass is 16.4. The molecule has 0 rings (SSSR count). The Morgan fingerprint density at radius 3 is 1.17 bits per heavy atom. The van der Waals surface area contributed by atoms with Gasteiger partial charge in [0.1, 0.15) is 54.4 Å². The smallest absolute Gasteiger partial charge is 0.326 e. The van der Waals surface area contributed by atoms with Crippen LogP contribution in [0.15, 0.2) is 4.99 Å². The second kappa shape index (κ2) is 35.2. The molecule has 0 aliphatic heterocycles. The van der Waals surface area contributed by atoms with Gasteiger partial charge in [0.05, 0.1) is 19.3 Å². The van der Waals surface area contributed by atoms with Crippen molar-refractivity contribution < 1.29 is 83.1 Å². The first-order valence-corrected chi connectivity index (χ1v) is 25.2. The molecule has 0 aromatic carbocycles. The van der Waals surface area contributed by atoms with Gasteiger partial charge in [-0.05, 0) is 69.1 Å². The molecule has 0 bridgehead atoms. The van der Waals surface area contributed by atoms with Crippen LogP contribution in [0.3, 0.4) is 0 Å². The van der Waals surface area contributed by atoms with Crippen molar-refractivity contribution >= 4 is 77.0 Å². The molecule has 30 heteroatoms. The summed E-state index contributed by atoms with van der Waals surface area (Å²) in [6.45, 7) is 12.4. The van der Waals surface area contributed by atoms with E-state index in [0.717, 1.165) is 0 Å². The van der Waals surface area contributed by atoms with Crippen molar-refractivity contribution in [2.24, 2.45) is 45.9 Å². The summed E-state index contributed by atoms with van der Waals surface area (Å²) in [5.41, 5.74) is 16.7. The van der Waals surface area contributed by atoms with E-state index in [1.807, 2.05) is 13.8 Å². The lowest BCUT2D eigenvalue weighted by Gasteiger charge is -2.29. The molecule has 0 spiro atoms. The largest absolute Gasteiger partial charge is 0.481 e. The average molecular weight is 1100 g/mol. The quantitative estimate of drug-likeness (QED) is 0.0157. The first kappa shape index (κ1) is 69.8. The molecule has 20 N–H and O–H groups in total. The van der Waals surface area contributed by atoms with E-state index >= 15 is 0 Å². The van der Waals surface area contributed by atoms with Gasteiger partial charge < -0.3 is 90.6 Å². The van der Waals surface area contributed by atoms with E-state index in [2.05, 4.69) is 52.8 Å². The molecule has 10 atom stereocenters. The highest BCUT2D eigenvalue weighted by molar-refractivity contribution is 5.98. The summed E-state index contributed by atoms with van der Waals surface area (Å²) in [5, 5.41) is 69.6. The van der Waals surface area contributed by atoms with Gasteiger partial charge in [0.2, 0.25) is 53.2 Å². The van der Waals surface area contributed by atoms with Crippen LogP contribution in [0, 0.1) is 23.7 Å². The van der Waals surface area contributed by atoms with E-state index in [-0.39, 0.29) is 50.0 Å². The van der Waals surface area contributed by atoms with Gasteiger partial charge in [0, 0.05) is 19.4 Å². The van der Waals surface area contributed by atoms with Crippen molar-refractivity contribution in [3.8, 4) is 0 Å². The molecule has 438 valence electrons. The summed E-state index contributed by atoms with van der Waals surface area (Å²) in [6.07, 6.45) is -2.38. The minimum absolute atomic E-state index is 0.0142. The SMILES string of the molecule is CC(C)C[C@H](NC(=O)[C@H](CO)NC(=O)[C@@H](NC(=O)[C@H](CCC(=O)O)NC(=O)[C@H](CCC(=O)O)NC(=O)[C@@H](NC(=O)[C@H](C)NC(=O)[C@H](CCCN=C(N)N)NC(=O)[C@H](CO)NC(=O)[C@@H](N)CC(C)C)C(C)C)C(C)C)C(=O)O. The van der Waals surface area contributed by atoms with Crippen LogP contribution in [-0.4, -0.2) is 183 Å². The minimum atomic E-state index is -1.76. The summed E-state index contributed by atoms with van der Waals surface area (Å²) >= 11 is 0. The number of hydrogen-bond donors (Lipinski definition) is 17. The zero-order chi connectivity index (χ0) is 59.4. The Morgan fingerprint density at radius 1 is 0.429 bits per heavy atom. The zero-order valence-corrected chi connectivity index (χ0v) is 45.2. The van der Waals surface area contributed by atoms with Crippen LogP contribution in [0.25, 0.3) is 0 Å². The molecule has 0 aromatic heterocycles. The second-order valence-electron chi connectivity index (χ2n) is 19.9. The lowest BCUT2D eigenvalue weighted by Crippen LogP contribution is -2.61. The van der Waals surface area contributed by atoms with Crippen LogP contribution in [0.5, 0.6) is 0 Å². The number of carbonyl (C=O) groups is 12. The van der Waals surface area contributed by atoms with Crippen LogP contribution in [-0.2, 0) is 57.5 Å². The molecular weight excluding hydrogens is 1020 g/mol. The van der Waals surface area contributed by atoms with E-state index in [0.29, 0.717) is 0 Å². The number of aliphatic hydroxyl groups is 2. The molecule has 0 fully saturated rings. The fourth-order valence-electron chi connectivity index (χ4n) is 7.14. The number of nitrogens with zero attached hydrogens (tertiary/aromatic N) is 1. The molecule has 0 aliphatic carbocycles. The van der Waals surface area contributed by atoms with Crippen LogP contribution in [0.1, 0.15) is 114 Å². The van der Waals surface area contributed by atoms with Crippen molar-refractivity contribution in [1.29, 1.82) is 0 Å². The Bertz CT molecular complexity index is 2070. The minimum Gasteiger partial charge on any atom is -0.481 e. The fourth-order valence-corrected chi connectivity index (χ4v) is 7.14. The third-order valence-electron chi connectivity index (χ3n) is 11.4. The van der Waals surface area contributed by atoms with Gasteiger partial charge in [0.15, 0.2) is 5.96 Å². The Kier molecular flexibility index (Phi) is 31.9. The third-order valence-corrected chi connectivity index (χ3v) is 11.4. The molecular formula is C47H83N13O17. The Labute approximate surface area is 446 Å². The number of carboxylic acid groups (broad SMARTS) is 3. The summed E-state index contributed by atoms with van der Waals surface area (Å²) in [7, 11) is 0. The Balaban J connectivity index is 6.49. The predicted molar refractivity (Wildman–Crippen MR) is 275 cm³/mol. The highest BCUT2D eigenvalue weighted by Crippen LogP contribution is 2.11. The topological polar surface area (TPSA) is 505 Å². The Morgan fingerprint density at radius 2 is 0.779 bits per heavy atom. The van der Waals surface area contributed by atoms with Crippen molar-refractivity contribution in [2.75, 3.05) is 19.8 Å². The van der Waals surface area contributed by atoms with Gasteiger partial charge in [-0.1, -0.05) is 55.4 Å². The number of nitrogens with two attached hydrogens (primary N) is 3. The molecule has 9 amide bonds. The van der Waals surface area contributed by atoms with Crippen LogP contribution in [0.2, 0.25) is 0 Å². The number of hydrogen-bond acceptors (Lipinski definition) is 16. The fraction of sp³-hybridized carbons (Fsp3) is 0.723. The Hall–Kier alpha value is -7.21. The standard InChI is InChI=1S/C47H83N13O17/c1-21(2)17-26(48)38(68)57-31(19-61)42(72)53-27(11-10-16-51-47(49)50)39(69)52-25(9)37(67)59-35(23(5)6)44(74)55-28(12-14-33(63)64)40(70)54-29(13-15-34(65)66)41(71)60-36(24(7)8)45(75)58-32(20-62)43(73)56-30(46(76)77)18-22(3)4/h21-32,35-36,61-62H,10-20,48H2,1-9H3,(H,52,69)(H,53,72)(H,54,70)(H,55,74)(H,56,73)(H,57,68)(H,58,75)(H,59,67)(H,60,71)(H,63,64)(H,65,66)(H,76,77)(H4,49,50,51)/t25-,26-,27-,28-,29-,30-,31-,32-,35-,36-/m0/s1. The molecule has 0 heterocycles. The lowest BCUT2D eigenvalue weighted by atomic mass is 10.0. The monoisotopic (exact) mass is 1100 g/mol. The van der Waals surface area contributed by atoms with Crippen molar-refractivity contribution in [2.45, 2.75) is 174 Å². The maximum atomic E-state index is 13.9. The number of aliphatic carboxylic acids is 3. The number of aliphatic hydroxyl groups excluding tert-OH is 2. The number of rotatable bonds is 37. The van der Waals surface area contributed by atoms with Crippen LogP contribution < -0.4 is 65.1 Å². The van der Waals surface area contributed by atoms with Gasteiger partial charge in [-0.3, -0.25) is 57.7 Å². The zero-order valence-electron chi connectivity index (χ0n) is 45.2. The van der Waals surface area contributed by atoms with Gasteiger partial charge >= 0.3 is 17.9 Å². The van der Waals surface area contributed by atoms with Gasteiger partial charge in [0.25, 0.3) is 0 Å². The highest BCUT2D eigenvalue weighted by Gasteiger charge is 2.36. The normalized spacial score (nSPS) is 15.1. The first-order chi connectivity index (χ1) is 35.8. The number of guanidine groups is 1. The van der Waals surface area contributed by atoms with Crippen molar-refractivity contribution in [3.05, 3.63) is 0 Å². The van der Waals surface area contributed by atoms with E-state index in [9.17, 15) is 83.1 Å². The van der Waals surface area contributed by atoms with E-state index < -0.39 is 182 Å². The molecule has 77 heavy (non-hydrogen) atoms. The summed E-state index contributed by atoms with van der Waals surface area (Å²) in [5.74, 6) is -15.1. The van der Waals surface area contributed by atoms with Crippen molar-refractivity contribution in [3.63, 3.8) is 0 Å². The maximum absolute atomic E-state index is 13.9. The predicted octanol–water partition coefficient (Wildman–Crippen LogP) is -5.05. The molecule has 0 aromatic rings.